The van der Waals surface area contributed by atoms with Crippen molar-refractivity contribution in [2.45, 2.75) is 45.1 Å². The van der Waals surface area contributed by atoms with Gasteiger partial charge in [0.25, 0.3) is 11.8 Å². The monoisotopic (exact) mass is 434 g/mol. The number of hydrogen-bond donors (Lipinski definition) is 2. The number of amides is 2. The minimum absolute atomic E-state index is 0.0769. The Hall–Kier alpha value is -2.65. The van der Waals surface area contributed by atoms with E-state index in [1.54, 1.807) is 45.2 Å². The maximum atomic E-state index is 12.7. The molecule has 0 aliphatic carbocycles. The molecule has 0 saturated heterocycles. The zero-order valence-corrected chi connectivity index (χ0v) is 19.1. The van der Waals surface area contributed by atoms with Crippen molar-refractivity contribution < 1.29 is 18.0 Å². The second-order valence-electron chi connectivity index (χ2n) is 8.00. The van der Waals surface area contributed by atoms with Gasteiger partial charge in [0.05, 0.1) is 0 Å². The molecule has 0 radical (unpaired) electrons. The number of rotatable bonds is 7. The van der Waals surface area contributed by atoms with Crippen LogP contribution in [0.4, 0.5) is 5.69 Å². The van der Waals surface area contributed by atoms with E-state index >= 15 is 0 Å². The first-order valence-electron chi connectivity index (χ1n) is 9.79. The molecule has 1 aromatic heterocycles. The van der Waals surface area contributed by atoms with Crippen molar-refractivity contribution in [3.63, 3.8) is 0 Å². The zero-order valence-electron chi connectivity index (χ0n) is 18.3. The van der Waals surface area contributed by atoms with Gasteiger partial charge in [-0.2, -0.15) is 4.31 Å². The molecule has 9 heteroatoms. The van der Waals surface area contributed by atoms with Gasteiger partial charge in [0.1, 0.15) is 10.6 Å². The summed E-state index contributed by atoms with van der Waals surface area (Å²) in [4.78, 5) is 24.9. The second-order valence-corrected chi connectivity index (χ2v) is 9.93. The fraction of sp³-hybridized carbons (Fsp3) is 0.429. The molecule has 1 heterocycles. The van der Waals surface area contributed by atoms with Crippen LogP contribution < -0.4 is 10.6 Å². The highest BCUT2D eigenvalue weighted by atomic mass is 32.2. The smallest absolute Gasteiger partial charge is 0.272 e. The van der Waals surface area contributed by atoms with Crippen molar-refractivity contribution >= 4 is 27.5 Å². The molecule has 0 spiro atoms. The maximum Gasteiger partial charge on any atom is 0.272 e. The lowest BCUT2D eigenvalue weighted by Crippen LogP contribution is -2.40. The van der Waals surface area contributed by atoms with Crippen LogP contribution in [0.25, 0.3) is 0 Å². The van der Waals surface area contributed by atoms with Crippen LogP contribution in [-0.2, 0) is 17.1 Å². The highest BCUT2D eigenvalue weighted by Crippen LogP contribution is 2.20. The average molecular weight is 435 g/mol. The van der Waals surface area contributed by atoms with Gasteiger partial charge in [-0.25, -0.2) is 8.42 Å². The van der Waals surface area contributed by atoms with Gasteiger partial charge < -0.3 is 15.2 Å². The van der Waals surface area contributed by atoms with E-state index in [0.29, 0.717) is 24.3 Å². The Morgan fingerprint density at radius 3 is 2.10 bits per heavy atom. The number of nitrogens with zero attached hydrogens (tertiary/aromatic N) is 2. The lowest BCUT2D eigenvalue weighted by molar-refractivity contribution is 0.0919. The molecule has 0 fully saturated rings. The Kier molecular flexibility index (Phi) is 7.10. The van der Waals surface area contributed by atoms with Crippen molar-refractivity contribution in [2.24, 2.45) is 7.05 Å². The number of sulfonamides is 1. The summed E-state index contributed by atoms with van der Waals surface area (Å²) in [5, 5.41) is 5.61. The summed E-state index contributed by atoms with van der Waals surface area (Å²) in [6.45, 7) is 9.93. The zero-order chi connectivity index (χ0) is 22.7. The number of hydrogen-bond acceptors (Lipinski definition) is 4. The van der Waals surface area contributed by atoms with E-state index in [-0.39, 0.29) is 22.0 Å². The molecule has 2 amide bonds. The molecule has 0 atom stereocenters. The van der Waals surface area contributed by atoms with Crippen LogP contribution in [0.2, 0.25) is 0 Å². The Labute approximate surface area is 178 Å². The molecule has 0 aliphatic heterocycles. The van der Waals surface area contributed by atoms with E-state index in [4.69, 9.17) is 0 Å². The van der Waals surface area contributed by atoms with E-state index in [1.807, 2.05) is 20.8 Å². The van der Waals surface area contributed by atoms with Crippen LogP contribution in [0, 0.1) is 0 Å². The van der Waals surface area contributed by atoms with E-state index in [1.165, 1.54) is 21.1 Å². The van der Waals surface area contributed by atoms with E-state index in [9.17, 15) is 18.0 Å². The van der Waals surface area contributed by atoms with Gasteiger partial charge in [0, 0.05) is 43.1 Å². The minimum atomic E-state index is -3.65. The van der Waals surface area contributed by atoms with Crippen LogP contribution in [-0.4, -0.2) is 47.7 Å². The molecule has 0 aliphatic rings. The van der Waals surface area contributed by atoms with Gasteiger partial charge in [0.15, 0.2) is 0 Å². The Morgan fingerprint density at radius 2 is 1.60 bits per heavy atom. The van der Waals surface area contributed by atoms with Gasteiger partial charge in [0.2, 0.25) is 10.0 Å². The van der Waals surface area contributed by atoms with Crippen molar-refractivity contribution in [3.8, 4) is 0 Å². The third-order valence-corrected chi connectivity index (χ3v) is 6.46. The average Bonchev–Trinajstić information content (AvgIpc) is 3.04. The number of anilines is 1. The van der Waals surface area contributed by atoms with Gasteiger partial charge in [-0.05, 0) is 51.1 Å². The Bertz CT molecular complexity index is 1010. The molecule has 164 valence electrons. The first-order valence-corrected chi connectivity index (χ1v) is 11.2. The molecule has 1 aromatic carbocycles. The lowest BCUT2D eigenvalue weighted by Gasteiger charge is -2.20. The molecular formula is C21H30N4O4S. The van der Waals surface area contributed by atoms with Gasteiger partial charge in [-0.3, -0.25) is 9.59 Å². The standard InChI is InChI=1S/C21H30N4O4S/c1-7-25(8-2)30(28,29)17-13-18(24(6)14-17)20(27)22-16-11-9-15(10-12-16)19(26)23-21(3,4)5/h9-14H,7-8H2,1-6H3,(H,22,27)(H,23,26). The van der Waals surface area contributed by atoms with Crippen molar-refractivity contribution in [1.82, 2.24) is 14.2 Å². The van der Waals surface area contributed by atoms with Crippen molar-refractivity contribution in [1.29, 1.82) is 0 Å². The summed E-state index contributed by atoms with van der Waals surface area (Å²) < 4.78 is 28.2. The van der Waals surface area contributed by atoms with Crippen LogP contribution in [0.5, 0.6) is 0 Å². The van der Waals surface area contributed by atoms with Crippen molar-refractivity contribution in [2.75, 3.05) is 18.4 Å². The first kappa shape index (κ1) is 23.6. The predicted molar refractivity (Wildman–Crippen MR) is 117 cm³/mol. The normalized spacial score (nSPS) is 12.1. The number of aryl methyl sites for hydroxylation is 1. The summed E-state index contributed by atoms with van der Waals surface area (Å²) in [6, 6.07) is 7.88. The third-order valence-electron chi connectivity index (χ3n) is 4.45. The molecule has 0 unspecified atom stereocenters. The number of carbonyl (C=O) groups is 2. The first-order chi connectivity index (χ1) is 13.9. The SMILES string of the molecule is CCN(CC)S(=O)(=O)c1cc(C(=O)Nc2ccc(C(=O)NC(C)(C)C)cc2)n(C)c1. The number of carbonyl (C=O) groups excluding carboxylic acids is 2. The van der Waals surface area contributed by atoms with Gasteiger partial charge in [-0.1, -0.05) is 13.8 Å². The van der Waals surface area contributed by atoms with E-state index in [2.05, 4.69) is 10.6 Å². The van der Waals surface area contributed by atoms with Crippen LogP contribution in [0.1, 0.15) is 55.5 Å². The fourth-order valence-electron chi connectivity index (χ4n) is 2.93. The largest absolute Gasteiger partial charge is 0.347 e. The highest BCUT2D eigenvalue weighted by Gasteiger charge is 2.25. The quantitative estimate of drug-likeness (QED) is 0.700. The number of nitrogens with one attached hydrogen (secondary N) is 2. The van der Waals surface area contributed by atoms with Gasteiger partial charge >= 0.3 is 0 Å². The Morgan fingerprint density at radius 1 is 1.03 bits per heavy atom. The number of aromatic nitrogens is 1. The second kappa shape index (κ2) is 9.01. The van der Waals surface area contributed by atoms with Crippen LogP contribution in [0.3, 0.4) is 0 Å². The minimum Gasteiger partial charge on any atom is -0.347 e. The molecule has 8 nitrogen and oxygen atoms in total. The summed E-state index contributed by atoms with van der Waals surface area (Å²) in [5.41, 5.74) is 0.853. The third kappa shape index (κ3) is 5.48. The van der Waals surface area contributed by atoms with Crippen molar-refractivity contribution in [3.05, 3.63) is 47.8 Å². The molecule has 2 aromatic rings. The summed E-state index contributed by atoms with van der Waals surface area (Å²) in [5.74, 6) is -0.639. The van der Waals surface area contributed by atoms with E-state index in [0.717, 1.165) is 0 Å². The lowest BCUT2D eigenvalue weighted by atomic mass is 10.1. The molecular weight excluding hydrogens is 404 g/mol. The summed E-state index contributed by atoms with van der Waals surface area (Å²) in [7, 11) is -2.03. The van der Waals surface area contributed by atoms with Crippen LogP contribution >= 0.6 is 0 Å². The van der Waals surface area contributed by atoms with E-state index < -0.39 is 15.9 Å². The fourth-order valence-corrected chi connectivity index (χ4v) is 4.46. The molecule has 30 heavy (non-hydrogen) atoms. The molecule has 0 saturated carbocycles. The molecule has 2 rings (SSSR count). The van der Waals surface area contributed by atoms with Gasteiger partial charge in [-0.15, -0.1) is 0 Å². The maximum absolute atomic E-state index is 12.7. The predicted octanol–water partition coefficient (Wildman–Crippen LogP) is 2.84. The highest BCUT2D eigenvalue weighted by molar-refractivity contribution is 7.89. The molecule has 2 N–H and O–H groups in total. The molecule has 0 bridgehead atoms. The summed E-state index contributed by atoms with van der Waals surface area (Å²) >= 11 is 0. The summed E-state index contributed by atoms with van der Waals surface area (Å²) in [6.07, 6.45) is 1.43. The van der Waals surface area contributed by atoms with Crippen LogP contribution in [0.15, 0.2) is 41.4 Å². The number of benzene rings is 1. The Balaban J connectivity index is 2.17. The topological polar surface area (TPSA) is 101 Å².